The first-order valence-electron chi connectivity index (χ1n) is 6.26. The molecule has 19 heavy (non-hydrogen) atoms. The molecule has 0 aliphatic rings. The highest BCUT2D eigenvalue weighted by Crippen LogP contribution is 2.19. The highest BCUT2D eigenvalue weighted by atomic mass is 32.2. The normalized spacial score (nSPS) is 13.7. The van der Waals surface area contributed by atoms with Gasteiger partial charge in [-0.05, 0) is 38.1 Å². The van der Waals surface area contributed by atoms with E-state index in [1.807, 2.05) is 13.8 Å². The molecule has 2 unspecified atom stereocenters. The Balaban J connectivity index is 2.39. The average molecular weight is 284 g/mol. The molecule has 0 saturated heterocycles. The topological polar surface area (TPSA) is 55.8 Å². The third-order valence-electron chi connectivity index (χ3n) is 2.51. The molecule has 1 rings (SSSR count). The van der Waals surface area contributed by atoms with Crippen molar-refractivity contribution in [2.45, 2.75) is 32.1 Å². The van der Waals surface area contributed by atoms with Crippen LogP contribution in [0.4, 0.5) is 0 Å². The van der Waals surface area contributed by atoms with Gasteiger partial charge in [0.25, 0.3) is 0 Å². The fourth-order valence-electron chi connectivity index (χ4n) is 1.27. The van der Waals surface area contributed by atoms with Crippen molar-refractivity contribution < 1.29 is 19.4 Å². The van der Waals surface area contributed by atoms with Gasteiger partial charge in [0.05, 0.1) is 18.5 Å². The molecule has 1 aromatic carbocycles. The molecule has 0 radical (unpaired) electrons. The maximum absolute atomic E-state index is 11.6. The van der Waals surface area contributed by atoms with Crippen molar-refractivity contribution in [2.24, 2.45) is 0 Å². The Morgan fingerprint density at radius 3 is 2.37 bits per heavy atom. The smallest absolute Gasteiger partial charge is 0.321 e. The van der Waals surface area contributed by atoms with Gasteiger partial charge in [-0.25, -0.2) is 0 Å². The van der Waals surface area contributed by atoms with Crippen LogP contribution in [0, 0.1) is 0 Å². The first kappa shape index (κ1) is 15.9. The van der Waals surface area contributed by atoms with E-state index in [1.54, 1.807) is 31.2 Å². The van der Waals surface area contributed by atoms with Gasteiger partial charge in [-0.3, -0.25) is 4.79 Å². The van der Waals surface area contributed by atoms with E-state index in [0.717, 1.165) is 5.75 Å². The van der Waals surface area contributed by atoms with Crippen molar-refractivity contribution in [3.05, 3.63) is 24.3 Å². The van der Waals surface area contributed by atoms with Crippen LogP contribution >= 0.6 is 11.8 Å². The number of rotatable bonds is 7. The van der Waals surface area contributed by atoms with E-state index in [-0.39, 0.29) is 17.0 Å². The predicted molar refractivity (Wildman–Crippen MR) is 76.8 cm³/mol. The summed E-state index contributed by atoms with van der Waals surface area (Å²) in [7, 11) is 0. The first-order chi connectivity index (χ1) is 9.02. The highest BCUT2D eigenvalue weighted by Gasteiger charge is 2.13. The summed E-state index contributed by atoms with van der Waals surface area (Å²) in [6, 6.07) is 6.92. The van der Waals surface area contributed by atoms with Gasteiger partial charge in [-0.1, -0.05) is 6.92 Å². The molecule has 0 spiro atoms. The molecule has 0 saturated carbocycles. The fourth-order valence-corrected chi connectivity index (χ4v) is 2.01. The minimum absolute atomic E-state index is 0.00730. The summed E-state index contributed by atoms with van der Waals surface area (Å²) in [5.41, 5.74) is 0. The largest absolute Gasteiger partial charge is 0.494 e. The SMILES string of the molecule is CCOc1ccc(OC(=O)CSC(C)C(C)O)cc1. The Hall–Kier alpha value is -1.20. The Bertz CT molecular complexity index is 389. The lowest BCUT2D eigenvalue weighted by Gasteiger charge is -2.13. The zero-order chi connectivity index (χ0) is 14.3. The molecule has 2 atom stereocenters. The molecular formula is C14H20O4S. The Morgan fingerprint density at radius 1 is 1.26 bits per heavy atom. The van der Waals surface area contributed by atoms with Crippen LogP contribution in [0.5, 0.6) is 11.5 Å². The highest BCUT2D eigenvalue weighted by molar-refractivity contribution is 8.00. The van der Waals surface area contributed by atoms with Crippen LogP contribution < -0.4 is 9.47 Å². The van der Waals surface area contributed by atoms with Crippen LogP contribution in [-0.4, -0.2) is 34.8 Å². The van der Waals surface area contributed by atoms with E-state index in [2.05, 4.69) is 0 Å². The molecular weight excluding hydrogens is 264 g/mol. The molecule has 0 bridgehead atoms. The van der Waals surface area contributed by atoms with Crippen LogP contribution in [0.2, 0.25) is 0 Å². The van der Waals surface area contributed by atoms with E-state index in [4.69, 9.17) is 9.47 Å². The van der Waals surface area contributed by atoms with Gasteiger partial charge in [-0.2, -0.15) is 0 Å². The third kappa shape index (κ3) is 5.98. The first-order valence-corrected chi connectivity index (χ1v) is 7.31. The van der Waals surface area contributed by atoms with Gasteiger partial charge >= 0.3 is 5.97 Å². The number of aliphatic hydroxyl groups is 1. The summed E-state index contributed by atoms with van der Waals surface area (Å²) in [6.07, 6.45) is -0.441. The Kier molecular flexibility index (Phi) is 6.73. The van der Waals surface area contributed by atoms with E-state index in [0.29, 0.717) is 12.4 Å². The van der Waals surface area contributed by atoms with Crippen molar-refractivity contribution >= 4 is 17.7 Å². The van der Waals surface area contributed by atoms with Crippen molar-refractivity contribution in [3.63, 3.8) is 0 Å². The number of ether oxygens (including phenoxy) is 2. The summed E-state index contributed by atoms with van der Waals surface area (Å²) >= 11 is 1.37. The number of carbonyl (C=O) groups is 1. The minimum Gasteiger partial charge on any atom is -0.494 e. The van der Waals surface area contributed by atoms with Gasteiger partial charge in [0.2, 0.25) is 0 Å². The summed E-state index contributed by atoms with van der Waals surface area (Å²) < 4.78 is 10.5. The number of benzene rings is 1. The second-order valence-corrected chi connectivity index (χ2v) is 5.50. The second-order valence-electron chi connectivity index (χ2n) is 4.14. The molecule has 0 amide bonds. The molecule has 0 aromatic heterocycles. The van der Waals surface area contributed by atoms with Crippen LogP contribution in [0.3, 0.4) is 0 Å². The number of esters is 1. The van der Waals surface area contributed by atoms with Crippen molar-refractivity contribution in [2.75, 3.05) is 12.4 Å². The van der Waals surface area contributed by atoms with E-state index < -0.39 is 6.10 Å². The Labute approximate surface area is 118 Å². The number of thioether (sulfide) groups is 1. The quantitative estimate of drug-likeness (QED) is 0.616. The zero-order valence-corrected chi connectivity index (χ0v) is 12.3. The van der Waals surface area contributed by atoms with Gasteiger partial charge in [0.1, 0.15) is 11.5 Å². The molecule has 1 N–H and O–H groups in total. The van der Waals surface area contributed by atoms with Crippen LogP contribution in [-0.2, 0) is 4.79 Å². The fraction of sp³-hybridized carbons (Fsp3) is 0.500. The average Bonchev–Trinajstić information content (AvgIpc) is 2.38. The molecule has 5 heteroatoms. The molecule has 0 fully saturated rings. The second kappa shape index (κ2) is 8.07. The number of carbonyl (C=O) groups excluding carboxylic acids is 1. The molecule has 4 nitrogen and oxygen atoms in total. The summed E-state index contributed by atoms with van der Waals surface area (Å²) in [5.74, 6) is 1.15. The maximum atomic E-state index is 11.6. The molecule has 0 aliphatic carbocycles. The van der Waals surface area contributed by atoms with Gasteiger partial charge in [0, 0.05) is 5.25 Å². The lowest BCUT2D eigenvalue weighted by atomic mass is 10.3. The lowest BCUT2D eigenvalue weighted by Crippen LogP contribution is -2.19. The summed E-state index contributed by atoms with van der Waals surface area (Å²) in [5, 5.41) is 9.33. The van der Waals surface area contributed by atoms with E-state index >= 15 is 0 Å². The molecule has 0 heterocycles. The van der Waals surface area contributed by atoms with Crippen LogP contribution in [0.15, 0.2) is 24.3 Å². The van der Waals surface area contributed by atoms with Crippen LogP contribution in [0.1, 0.15) is 20.8 Å². The van der Waals surface area contributed by atoms with Crippen molar-refractivity contribution in [1.82, 2.24) is 0 Å². The van der Waals surface area contributed by atoms with E-state index in [9.17, 15) is 9.90 Å². The number of hydrogen-bond donors (Lipinski definition) is 1. The number of aliphatic hydroxyl groups excluding tert-OH is 1. The zero-order valence-electron chi connectivity index (χ0n) is 11.5. The summed E-state index contributed by atoms with van der Waals surface area (Å²) in [6.45, 7) is 6.09. The standard InChI is InChI=1S/C14H20O4S/c1-4-17-12-5-7-13(8-6-12)18-14(16)9-19-11(3)10(2)15/h5-8,10-11,15H,4,9H2,1-3H3. The lowest BCUT2D eigenvalue weighted by molar-refractivity contribution is -0.131. The third-order valence-corrected chi connectivity index (χ3v) is 3.83. The maximum Gasteiger partial charge on any atom is 0.321 e. The van der Waals surface area contributed by atoms with Crippen molar-refractivity contribution in [1.29, 1.82) is 0 Å². The predicted octanol–water partition coefficient (Wildman–Crippen LogP) is 2.49. The van der Waals surface area contributed by atoms with E-state index in [1.165, 1.54) is 11.8 Å². The van der Waals surface area contributed by atoms with Gasteiger partial charge in [0.15, 0.2) is 0 Å². The molecule has 106 valence electrons. The molecule has 1 aromatic rings. The minimum atomic E-state index is -0.441. The van der Waals surface area contributed by atoms with Gasteiger partial charge < -0.3 is 14.6 Å². The van der Waals surface area contributed by atoms with Gasteiger partial charge in [-0.15, -0.1) is 11.8 Å². The monoisotopic (exact) mass is 284 g/mol. The molecule has 0 aliphatic heterocycles. The Morgan fingerprint density at radius 2 is 1.84 bits per heavy atom. The number of hydrogen-bond acceptors (Lipinski definition) is 5. The summed E-state index contributed by atoms with van der Waals surface area (Å²) in [4.78, 5) is 11.6. The van der Waals surface area contributed by atoms with Crippen molar-refractivity contribution in [3.8, 4) is 11.5 Å². The van der Waals surface area contributed by atoms with Crippen LogP contribution in [0.25, 0.3) is 0 Å².